The van der Waals surface area contributed by atoms with Crippen LogP contribution in [0.1, 0.15) is 78.1 Å². The summed E-state index contributed by atoms with van der Waals surface area (Å²) in [7, 11) is 0. The van der Waals surface area contributed by atoms with Crippen LogP contribution >= 0.6 is 0 Å². The van der Waals surface area contributed by atoms with Crippen molar-refractivity contribution in [3.8, 4) is 0 Å². The van der Waals surface area contributed by atoms with E-state index < -0.39 is 0 Å². The zero-order chi connectivity index (χ0) is 16.2. The third-order valence-corrected chi connectivity index (χ3v) is 9.08. The molecule has 0 aliphatic heterocycles. The first-order valence-electron chi connectivity index (χ1n) is 10.1. The molecule has 0 radical (unpaired) electrons. The van der Waals surface area contributed by atoms with Crippen LogP contribution in [0.15, 0.2) is 0 Å². The van der Waals surface area contributed by atoms with Crippen LogP contribution in [0.3, 0.4) is 0 Å². The average Bonchev–Trinajstić information content (AvgIpc) is 2.94. The number of aliphatic hydroxyl groups excluding tert-OH is 1. The number of rotatable bonds is 2. The van der Waals surface area contributed by atoms with Gasteiger partial charge in [-0.3, -0.25) is 4.79 Å². The second kappa shape index (κ2) is 5.58. The van der Waals surface area contributed by atoms with Crippen molar-refractivity contribution in [1.29, 1.82) is 0 Å². The highest BCUT2D eigenvalue weighted by molar-refractivity contribution is 5.79. The van der Waals surface area contributed by atoms with Crippen molar-refractivity contribution < 1.29 is 9.90 Å². The zero-order valence-electron chi connectivity index (χ0n) is 15.0. The Balaban J connectivity index is 1.65. The van der Waals surface area contributed by atoms with E-state index in [-0.39, 0.29) is 17.9 Å². The largest absolute Gasteiger partial charge is 0.396 e. The van der Waals surface area contributed by atoms with Crippen LogP contribution in [0, 0.1) is 40.4 Å². The molecule has 0 aromatic carbocycles. The maximum absolute atomic E-state index is 12.2. The van der Waals surface area contributed by atoms with Gasteiger partial charge in [-0.2, -0.15) is 0 Å². The summed E-state index contributed by atoms with van der Waals surface area (Å²) in [5.41, 5.74) is 0.488. The summed E-state index contributed by atoms with van der Waals surface area (Å²) in [6.45, 7) is 4.60. The summed E-state index contributed by atoms with van der Waals surface area (Å²) in [6, 6.07) is 0. The zero-order valence-corrected chi connectivity index (χ0v) is 15.0. The number of hydrogen-bond donors (Lipinski definition) is 1. The number of ketones is 1. The molecule has 7 atom stereocenters. The molecule has 1 unspecified atom stereocenters. The van der Waals surface area contributed by atoms with E-state index in [4.69, 9.17) is 0 Å². The van der Waals surface area contributed by atoms with Crippen LogP contribution in [0.25, 0.3) is 0 Å². The van der Waals surface area contributed by atoms with Gasteiger partial charge >= 0.3 is 0 Å². The lowest BCUT2D eigenvalue weighted by Crippen LogP contribution is -2.54. The summed E-state index contributed by atoms with van der Waals surface area (Å²) >= 11 is 0. The van der Waals surface area contributed by atoms with Gasteiger partial charge in [0.1, 0.15) is 5.78 Å². The van der Waals surface area contributed by atoms with Gasteiger partial charge in [0.25, 0.3) is 0 Å². The quantitative estimate of drug-likeness (QED) is 0.808. The van der Waals surface area contributed by atoms with Crippen molar-refractivity contribution in [2.45, 2.75) is 78.1 Å². The topological polar surface area (TPSA) is 37.3 Å². The molecule has 0 heterocycles. The fourth-order valence-corrected chi connectivity index (χ4v) is 8.02. The highest BCUT2D eigenvalue weighted by atomic mass is 16.3. The molecule has 0 amide bonds. The lowest BCUT2D eigenvalue weighted by atomic mass is 9.44. The molecule has 4 rings (SSSR count). The molecule has 0 saturated heterocycles. The van der Waals surface area contributed by atoms with Gasteiger partial charge in [-0.15, -0.1) is 0 Å². The van der Waals surface area contributed by atoms with Crippen molar-refractivity contribution in [2.75, 3.05) is 6.61 Å². The fourth-order valence-electron chi connectivity index (χ4n) is 8.02. The minimum absolute atomic E-state index is 0.0646. The van der Waals surface area contributed by atoms with Crippen LogP contribution in [-0.4, -0.2) is 17.5 Å². The number of aliphatic hydroxyl groups is 1. The van der Waals surface area contributed by atoms with E-state index in [9.17, 15) is 9.90 Å². The number of carbonyl (C=O) groups excluding carboxylic acids is 1. The Morgan fingerprint density at radius 1 is 1.00 bits per heavy atom. The van der Waals surface area contributed by atoms with E-state index in [1.165, 1.54) is 51.4 Å². The molecule has 130 valence electrons. The minimum Gasteiger partial charge on any atom is -0.396 e. The van der Waals surface area contributed by atoms with E-state index in [0.29, 0.717) is 17.1 Å². The fraction of sp³-hybridized carbons (Fsp3) is 0.952. The highest BCUT2D eigenvalue weighted by Crippen LogP contribution is 2.67. The number of Topliss-reactive ketones (excluding diaryl/α,β-unsaturated/α-hetero) is 1. The molecule has 0 spiro atoms. The summed E-state index contributed by atoms with van der Waals surface area (Å²) in [6.07, 6.45) is 13.1. The number of fused-ring (bicyclic) bond motifs is 5. The first-order chi connectivity index (χ1) is 11.0. The Kier molecular flexibility index (Phi) is 3.91. The van der Waals surface area contributed by atoms with Gasteiger partial charge in [-0.1, -0.05) is 19.8 Å². The summed E-state index contributed by atoms with van der Waals surface area (Å²) < 4.78 is 0. The Morgan fingerprint density at radius 3 is 2.57 bits per heavy atom. The monoisotopic (exact) mass is 318 g/mol. The predicted molar refractivity (Wildman–Crippen MR) is 91.9 cm³/mol. The Bertz CT molecular complexity index is 486. The van der Waals surface area contributed by atoms with Crippen molar-refractivity contribution in [3.05, 3.63) is 0 Å². The van der Waals surface area contributed by atoms with E-state index in [1.807, 2.05) is 0 Å². The molecule has 1 N–H and O–H groups in total. The van der Waals surface area contributed by atoms with Gasteiger partial charge in [-0.25, -0.2) is 0 Å². The second-order valence-electron chi connectivity index (χ2n) is 9.57. The number of carbonyl (C=O) groups is 1. The van der Waals surface area contributed by atoms with Crippen LogP contribution in [0.4, 0.5) is 0 Å². The molecule has 4 saturated carbocycles. The molecule has 4 aliphatic rings. The molecule has 23 heavy (non-hydrogen) atoms. The van der Waals surface area contributed by atoms with Gasteiger partial charge in [0, 0.05) is 17.9 Å². The van der Waals surface area contributed by atoms with Crippen LogP contribution in [-0.2, 0) is 4.79 Å². The van der Waals surface area contributed by atoms with Crippen molar-refractivity contribution in [2.24, 2.45) is 40.4 Å². The molecule has 2 nitrogen and oxygen atoms in total. The van der Waals surface area contributed by atoms with E-state index in [2.05, 4.69) is 6.92 Å². The lowest BCUT2D eigenvalue weighted by molar-refractivity contribution is -0.142. The minimum atomic E-state index is -0.0646. The van der Waals surface area contributed by atoms with Crippen molar-refractivity contribution in [3.63, 3.8) is 0 Å². The maximum Gasteiger partial charge on any atom is 0.133 e. The second-order valence-corrected chi connectivity index (χ2v) is 9.57. The Morgan fingerprint density at radius 2 is 1.83 bits per heavy atom. The normalized spacial score (nSPS) is 52.4. The first-order valence-corrected chi connectivity index (χ1v) is 10.1. The highest BCUT2D eigenvalue weighted by Gasteiger charge is 2.61. The smallest absolute Gasteiger partial charge is 0.133 e. The van der Waals surface area contributed by atoms with Gasteiger partial charge in [-0.05, 0) is 87.4 Å². The summed E-state index contributed by atoms with van der Waals surface area (Å²) in [5, 5.41) is 10.3. The van der Waals surface area contributed by atoms with Crippen LogP contribution < -0.4 is 0 Å². The molecular formula is C21H34O2. The summed E-state index contributed by atoms with van der Waals surface area (Å²) in [5.74, 6) is 3.66. The third kappa shape index (κ3) is 2.12. The average molecular weight is 319 g/mol. The van der Waals surface area contributed by atoms with Gasteiger partial charge in [0.05, 0.1) is 0 Å². The molecule has 2 heteroatoms. The first kappa shape index (κ1) is 16.1. The van der Waals surface area contributed by atoms with E-state index >= 15 is 0 Å². The Hall–Kier alpha value is -0.370. The van der Waals surface area contributed by atoms with Crippen molar-refractivity contribution in [1.82, 2.24) is 0 Å². The van der Waals surface area contributed by atoms with E-state index in [1.54, 1.807) is 6.92 Å². The van der Waals surface area contributed by atoms with Gasteiger partial charge in [0.2, 0.25) is 0 Å². The maximum atomic E-state index is 12.2. The van der Waals surface area contributed by atoms with Crippen molar-refractivity contribution >= 4 is 5.78 Å². The standard InChI is InChI=1S/C21H34O2/c1-14(23)17-8-9-19-16-7-6-15-5-3-4-11-20(15,2)18(16)10-12-21(17,19)13-22/h15-19,22H,3-13H2,1-2H3/t15?,16-,17-,18+,19+,20+,21+/m1/s1. The molecule has 0 aromatic heterocycles. The molecule has 4 fully saturated rings. The third-order valence-electron chi connectivity index (χ3n) is 9.08. The van der Waals surface area contributed by atoms with Crippen LogP contribution in [0.2, 0.25) is 0 Å². The van der Waals surface area contributed by atoms with E-state index in [0.717, 1.165) is 30.6 Å². The van der Waals surface area contributed by atoms with Crippen LogP contribution in [0.5, 0.6) is 0 Å². The summed E-state index contributed by atoms with van der Waals surface area (Å²) in [4.78, 5) is 12.2. The predicted octanol–water partition coefficient (Wildman–Crippen LogP) is 4.60. The Labute approximate surface area is 141 Å². The molecule has 4 aliphatic carbocycles. The van der Waals surface area contributed by atoms with Gasteiger partial charge in [0.15, 0.2) is 0 Å². The SMILES string of the molecule is CC(=O)[C@H]1CC[C@H]2[C@@H]3CCC4CCCC[C@]4(C)[C@H]3CC[C@]12CO. The number of hydrogen-bond acceptors (Lipinski definition) is 2. The molecule has 0 aromatic rings. The van der Waals surface area contributed by atoms with Gasteiger partial charge < -0.3 is 5.11 Å². The molecule has 0 bridgehead atoms. The lowest BCUT2D eigenvalue weighted by Gasteiger charge is -2.60. The molecular weight excluding hydrogens is 284 g/mol.